The number of hydrogen-bond acceptors (Lipinski definition) is 4. The Morgan fingerprint density at radius 2 is 1.96 bits per heavy atom. The van der Waals surface area contributed by atoms with Gasteiger partial charge < -0.3 is 14.5 Å². The third-order valence-electron chi connectivity index (χ3n) is 7.67. The number of methoxy groups -OCH3 is 1. The van der Waals surface area contributed by atoms with E-state index >= 15 is 0 Å². The highest BCUT2D eigenvalue weighted by Gasteiger charge is 2.77. The molecule has 5 aliphatic rings. The second-order valence-electron chi connectivity index (χ2n) is 8.64. The maximum Gasteiger partial charge on any atom is 0.305 e. The maximum absolute atomic E-state index is 13.4. The van der Waals surface area contributed by atoms with Gasteiger partial charge in [0, 0.05) is 20.0 Å². The summed E-state index contributed by atoms with van der Waals surface area (Å²) in [5.41, 5.74) is -1.58. The minimum atomic E-state index is -0.772. The molecule has 0 aromatic carbocycles. The Hall–Kier alpha value is -1.59. The van der Waals surface area contributed by atoms with Crippen LogP contribution in [0.25, 0.3) is 0 Å². The summed E-state index contributed by atoms with van der Waals surface area (Å²) >= 11 is 0. The summed E-state index contributed by atoms with van der Waals surface area (Å²) < 4.78 is 4.87. The van der Waals surface area contributed by atoms with Crippen molar-refractivity contribution < 1.29 is 19.1 Å². The lowest BCUT2D eigenvalue weighted by atomic mass is 9.60. The molecule has 4 atom stereocenters. The molecule has 1 saturated carbocycles. The lowest BCUT2D eigenvalue weighted by molar-refractivity contribution is -0.195. The number of carbonyl (C=O) groups is 3. The molecule has 5 rings (SSSR count). The predicted octanol–water partition coefficient (Wildman–Crippen LogP) is 1.19. The molecule has 24 heavy (non-hydrogen) atoms. The van der Waals surface area contributed by atoms with Gasteiger partial charge in [0.25, 0.3) is 0 Å². The van der Waals surface area contributed by atoms with Gasteiger partial charge in [0.05, 0.1) is 7.11 Å². The smallest absolute Gasteiger partial charge is 0.305 e. The fourth-order valence-corrected chi connectivity index (χ4v) is 6.24. The van der Waals surface area contributed by atoms with Crippen molar-refractivity contribution >= 4 is 17.8 Å². The third kappa shape index (κ3) is 1.51. The quantitative estimate of drug-likeness (QED) is 0.712. The Morgan fingerprint density at radius 3 is 2.62 bits per heavy atom. The van der Waals surface area contributed by atoms with Crippen molar-refractivity contribution in [1.29, 1.82) is 0 Å². The first-order valence-electron chi connectivity index (χ1n) is 8.89. The second-order valence-corrected chi connectivity index (χ2v) is 8.64. The molecule has 4 heterocycles. The van der Waals surface area contributed by atoms with Crippen LogP contribution < -0.4 is 0 Å². The number of piperidine rings is 2. The second kappa shape index (κ2) is 4.52. The van der Waals surface area contributed by atoms with Crippen molar-refractivity contribution in [2.45, 2.75) is 57.0 Å². The SMILES string of the molecule is COC(=O)C[C@H]1C[C@]23C(=O)N4CCC[C@@]4(C[C@@H]2C1(C)C)C(=O)N3C. The van der Waals surface area contributed by atoms with Crippen molar-refractivity contribution in [3.63, 3.8) is 0 Å². The van der Waals surface area contributed by atoms with Gasteiger partial charge in [0.1, 0.15) is 11.1 Å². The van der Waals surface area contributed by atoms with Gasteiger partial charge in [-0.3, -0.25) is 14.4 Å². The van der Waals surface area contributed by atoms with Crippen LogP contribution in [-0.4, -0.2) is 59.4 Å². The van der Waals surface area contributed by atoms with Crippen molar-refractivity contribution in [3.8, 4) is 0 Å². The van der Waals surface area contributed by atoms with Crippen LogP contribution in [0.5, 0.6) is 0 Å². The van der Waals surface area contributed by atoms with Gasteiger partial charge >= 0.3 is 5.97 Å². The van der Waals surface area contributed by atoms with Gasteiger partial charge in [-0.15, -0.1) is 0 Å². The summed E-state index contributed by atoms with van der Waals surface area (Å²) in [5, 5.41) is 0. The number of esters is 1. The highest BCUT2D eigenvalue weighted by Crippen LogP contribution is 2.66. The van der Waals surface area contributed by atoms with Crippen molar-refractivity contribution in [3.05, 3.63) is 0 Å². The first kappa shape index (κ1) is 15.9. The Labute approximate surface area is 142 Å². The number of fused-ring (bicyclic) bond motifs is 1. The lowest BCUT2D eigenvalue weighted by Crippen LogP contribution is -2.81. The van der Waals surface area contributed by atoms with Crippen LogP contribution in [0, 0.1) is 17.3 Å². The van der Waals surface area contributed by atoms with Gasteiger partial charge in [0.15, 0.2) is 0 Å². The van der Waals surface area contributed by atoms with E-state index in [2.05, 4.69) is 13.8 Å². The van der Waals surface area contributed by atoms with Gasteiger partial charge in [-0.1, -0.05) is 13.8 Å². The van der Waals surface area contributed by atoms with Crippen LogP contribution in [0.15, 0.2) is 0 Å². The van der Waals surface area contributed by atoms with E-state index in [1.54, 1.807) is 11.9 Å². The van der Waals surface area contributed by atoms with E-state index in [1.165, 1.54) is 7.11 Å². The summed E-state index contributed by atoms with van der Waals surface area (Å²) in [7, 11) is 3.19. The molecule has 0 N–H and O–H groups in total. The molecule has 2 spiro atoms. The van der Waals surface area contributed by atoms with E-state index in [-0.39, 0.29) is 35.0 Å². The molecule has 6 nitrogen and oxygen atoms in total. The van der Waals surface area contributed by atoms with Crippen LogP contribution in [-0.2, 0) is 19.1 Å². The monoisotopic (exact) mass is 334 g/mol. The molecule has 4 aliphatic heterocycles. The van der Waals surface area contributed by atoms with Crippen LogP contribution in [0.3, 0.4) is 0 Å². The van der Waals surface area contributed by atoms with Crippen LogP contribution in [0.1, 0.15) is 46.0 Å². The molecule has 4 saturated heterocycles. The van der Waals surface area contributed by atoms with Crippen LogP contribution >= 0.6 is 0 Å². The van der Waals surface area contributed by atoms with Crippen LogP contribution in [0.4, 0.5) is 0 Å². The van der Waals surface area contributed by atoms with Crippen molar-refractivity contribution in [2.75, 3.05) is 20.7 Å². The topological polar surface area (TPSA) is 66.9 Å². The number of rotatable bonds is 2. The van der Waals surface area contributed by atoms with E-state index in [4.69, 9.17) is 4.74 Å². The molecule has 2 bridgehead atoms. The number of likely N-dealkylation sites (N-methyl/N-ethyl adjacent to an activating group) is 1. The Balaban J connectivity index is 1.81. The molecule has 0 aromatic rings. The summed E-state index contributed by atoms with van der Waals surface area (Å²) in [6.45, 7) is 5.00. The first-order valence-corrected chi connectivity index (χ1v) is 8.89. The fourth-order valence-electron chi connectivity index (χ4n) is 6.24. The molecule has 0 unspecified atom stereocenters. The Morgan fingerprint density at radius 1 is 1.25 bits per heavy atom. The summed E-state index contributed by atoms with van der Waals surface area (Å²) in [4.78, 5) is 42.0. The van der Waals surface area contributed by atoms with Gasteiger partial charge in [-0.25, -0.2) is 0 Å². The lowest BCUT2D eigenvalue weighted by Gasteiger charge is -2.62. The fraction of sp³-hybridized carbons (Fsp3) is 0.833. The minimum absolute atomic E-state index is 0.0457. The van der Waals surface area contributed by atoms with E-state index in [0.29, 0.717) is 19.4 Å². The largest absolute Gasteiger partial charge is 0.469 e. The predicted molar refractivity (Wildman–Crippen MR) is 85.8 cm³/mol. The zero-order valence-corrected chi connectivity index (χ0v) is 14.9. The highest BCUT2D eigenvalue weighted by molar-refractivity contribution is 6.05. The van der Waals surface area contributed by atoms with Gasteiger partial charge in [-0.05, 0) is 42.9 Å². The molecule has 2 amide bonds. The highest BCUT2D eigenvalue weighted by atomic mass is 16.5. The number of carbonyl (C=O) groups excluding carboxylic acids is 3. The molecular formula is C18H26N2O4. The zero-order chi connectivity index (χ0) is 17.5. The molecular weight excluding hydrogens is 308 g/mol. The van der Waals surface area contributed by atoms with E-state index in [0.717, 1.165) is 19.3 Å². The average molecular weight is 334 g/mol. The molecule has 1 aliphatic carbocycles. The molecule has 132 valence electrons. The minimum Gasteiger partial charge on any atom is -0.469 e. The van der Waals surface area contributed by atoms with E-state index in [9.17, 15) is 14.4 Å². The zero-order valence-electron chi connectivity index (χ0n) is 14.9. The standard InChI is InChI=1S/C18H26N2O4/c1-16(2)11(8-13(21)24-4)9-18-12(16)10-17(14(22)19(18)3)6-5-7-20(17)15(18)23/h11-12H,5-10H2,1-4H3/t11-,12+,17+,18+/m0/s1. The van der Waals surface area contributed by atoms with Crippen LogP contribution in [0.2, 0.25) is 0 Å². The normalized spacial score (nSPS) is 42.3. The molecule has 0 aromatic heterocycles. The first-order chi connectivity index (χ1) is 11.2. The van der Waals surface area contributed by atoms with Gasteiger partial charge in [-0.2, -0.15) is 0 Å². The van der Waals surface area contributed by atoms with Crippen molar-refractivity contribution in [1.82, 2.24) is 9.80 Å². The Bertz CT molecular complexity index is 645. The van der Waals surface area contributed by atoms with E-state index < -0.39 is 11.1 Å². The number of amides is 2. The molecule has 5 fully saturated rings. The number of hydrogen-bond donors (Lipinski definition) is 0. The Kier molecular flexibility index (Phi) is 3.00. The number of nitrogens with zero attached hydrogens (tertiary/aromatic N) is 2. The van der Waals surface area contributed by atoms with E-state index in [1.807, 2.05) is 4.90 Å². The molecule has 6 heteroatoms. The maximum atomic E-state index is 13.4. The number of ether oxygens (including phenoxy) is 1. The van der Waals surface area contributed by atoms with Crippen molar-refractivity contribution in [2.24, 2.45) is 17.3 Å². The third-order valence-corrected chi connectivity index (χ3v) is 7.67. The number of piperazine rings is 1. The average Bonchev–Trinajstić information content (AvgIpc) is 3.06. The summed E-state index contributed by atoms with van der Waals surface area (Å²) in [5.74, 6) is 0.121. The van der Waals surface area contributed by atoms with Gasteiger partial charge in [0.2, 0.25) is 11.8 Å². The summed E-state index contributed by atoms with van der Waals surface area (Å²) in [6.07, 6.45) is 3.29. The molecule has 0 radical (unpaired) electrons. The summed E-state index contributed by atoms with van der Waals surface area (Å²) in [6, 6.07) is 0.